The molecule has 0 aromatic heterocycles. The van der Waals surface area contributed by atoms with Crippen LogP contribution in [0.25, 0.3) is 0 Å². The average molecular weight is 253 g/mol. The minimum atomic E-state index is -1.06. The zero-order valence-corrected chi connectivity index (χ0v) is 9.70. The number of amides is 1. The fourth-order valence-electron chi connectivity index (χ4n) is 1.04. The number of carbonyl (C=O) groups excluding carboxylic acids is 2. The number of hydrogen-bond acceptors (Lipinski definition) is 4. The molecular weight excluding hydrogens is 242 g/mol. The van der Waals surface area contributed by atoms with Crippen LogP contribution in [0, 0.1) is 0 Å². The predicted molar refractivity (Wildman–Crippen MR) is 63.9 cm³/mol. The molecule has 0 aliphatic heterocycles. The van der Waals surface area contributed by atoms with Crippen molar-refractivity contribution in [3.8, 4) is 0 Å². The maximum atomic E-state index is 11.5. The topological polar surface area (TPSA) is 83.5 Å². The van der Waals surface area contributed by atoms with Crippen molar-refractivity contribution in [1.29, 1.82) is 0 Å². The van der Waals surface area contributed by atoms with E-state index in [2.05, 4.69) is 5.32 Å². The zero-order valence-electron chi connectivity index (χ0n) is 8.88. The molecule has 1 rings (SSSR count). The van der Waals surface area contributed by atoms with E-state index < -0.39 is 5.97 Å². The molecule has 1 amide bonds. The van der Waals surface area contributed by atoms with Gasteiger partial charge in [-0.05, 0) is 12.1 Å². The average Bonchev–Trinajstić information content (AvgIpc) is 2.34. The van der Waals surface area contributed by atoms with Gasteiger partial charge in [-0.1, -0.05) is 30.0 Å². The standard InChI is InChI=1S/C11H11NO4S/c13-9(14)7-17-10(15)6-12-11(16)8-4-2-1-3-5-8/h1-5H,6-7H2,(H,12,16)(H,13,14). The SMILES string of the molecule is O=C(O)CSC(=O)CNC(=O)c1ccccc1. The molecule has 5 nitrogen and oxygen atoms in total. The van der Waals surface area contributed by atoms with Gasteiger partial charge >= 0.3 is 5.97 Å². The van der Waals surface area contributed by atoms with Gasteiger partial charge in [0.05, 0.1) is 12.3 Å². The number of thioether (sulfide) groups is 1. The molecule has 17 heavy (non-hydrogen) atoms. The van der Waals surface area contributed by atoms with Crippen molar-refractivity contribution < 1.29 is 19.5 Å². The Bertz CT molecular complexity index is 419. The third kappa shape index (κ3) is 5.17. The minimum absolute atomic E-state index is 0.175. The summed E-state index contributed by atoms with van der Waals surface area (Å²) in [5.74, 6) is -1.70. The van der Waals surface area contributed by atoms with Crippen molar-refractivity contribution in [2.75, 3.05) is 12.3 Å². The Kier molecular flexibility index (Phi) is 5.22. The lowest BCUT2D eigenvalue weighted by Gasteiger charge is -2.03. The van der Waals surface area contributed by atoms with E-state index in [1.54, 1.807) is 30.3 Å². The van der Waals surface area contributed by atoms with Crippen molar-refractivity contribution >= 4 is 28.8 Å². The van der Waals surface area contributed by atoms with Crippen LogP contribution in [-0.2, 0) is 9.59 Å². The number of aliphatic carboxylic acids is 1. The van der Waals surface area contributed by atoms with Gasteiger partial charge in [-0.3, -0.25) is 14.4 Å². The summed E-state index contributed by atoms with van der Waals surface area (Å²) in [7, 11) is 0. The molecule has 90 valence electrons. The molecular formula is C11H11NO4S. The van der Waals surface area contributed by atoms with E-state index in [1.807, 2.05) is 0 Å². The van der Waals surface area contributed by atoms with Gasteiger partial charge in [0.15, 0.2) is 0 Å². The molecule has 0 heterocycles. The quantitative estimate of drug-likeness (QED) is 0.809. The summed E-state index contributed by atoms with van der Waals surface area (Å²) >= 11 is 0.669. The van der Waals surface area contributed by atoms with Crippen molar-refractivity contribution in [2.45, 2.75) is 0 Å². The van der Waals surface area contributed by atoms with Gasteiger partial charge in [0.2, 0.25) is 5.12 Å². The highest BCUT2D eigenvalue weighted by Gasteiger charge is 2.09. The van der Waals surface area contributed by atoms with Crippen LogP contribution in [0.4, 0.5) is 0 Å². The first-order valence-corrected chi connectivity index (χ1v) is 5.79. The molecule has 1 aromatic rings. The molecule has 0 aliphatic rings. The third-order valence-corrected chi connectivity index (χ3v) is 2.64. The van der Waals surface area contributed by atoms with E-state index in [-0.39, 0.29) is 23.3 Å². The second-order valence-electron chi connectivity index (χ2n) is 3.10. The van der Waals surface area contributed by atoms with Gasteiger partial charge in [0.25, 0.3) is 5.91 Å². The van der Waals surface area contributed by atoms with E-state index >= 15 is 0 Å². The highest BCUT2D eigenvalue weighted by atomic mass is 32.2. The Morgan fingerprint density at radius 2 is 1.82 bits per heavy atom. The Labute approximate surface area is 102 Å². The number of nitrogens with one attached hydrogen (secondary N) is 1. The minimum Gasteiger partial charge on any atom is -0.481 e. The smallest absolute Gasteiger partial charge is 0.313 e. The maximum absolute atomic E-state index is 11.5. The van der Waals surface area contributed by atoms with Gasteiger partial charge in [-0.2, -0.15) is 0 Å². The molecule has 1 aromatic carbocycles. The van der Waals surface area contributed by atoms with E-state index in [4.69, 9.17) is 5.11 Å². The lowest BCUT2D eigenvalue weighted by molar-refractivity contribution is -0.134. The summed E-state index contributed by atoms with van der Waals surface area (Å²) in [6, 6.07) is 8.48. The monoisotopic (exact) mass is 253 g/mol. The lowest BCUT2D eigenvalue weighted by atomic mass is 10.2. The molecule has 0 fully saturated rings. The number of benzene rings is 1. The number of carboxylic acid groups (broad SMARTS) is 1. The van der Waals surface area contributed by atoms with Crippen LogP contribution in [-0.4, -0.2) is 34.4 Å². The van der Waals surface area contributed by atoms with Gasteiger partial charge in [-0.15, -0.1) is 0 Å². The maximum Gasteiger partial charge on any atom is 0.313 e. The van der Waals surface area contributed by atoms with E-state index in [0.717, 1.165) is 0 Å². The van der Waals surface area contributed by atoms with Gasteiger partial charge in [-0.25, -0.2) is 0 Å². The molecule has 0 atom stereocenters. The number of rotatable bonds is 5. The second kappa shape index (κ2) is 6.70. The molecule has 0 aliphatic carbocycles. The molecule has 0 bridgehead atoms. The van der Waals surface area contributed by atoms with Crippen LogP contribution in [0.3, 0.4) is 0 Å². The molecule has 0 spiro atoms. The Hall–Kier alpha value is -1.82. The van der Waals surface area contributed by atoms with Crippen LogP contribution in [0.5, 0.6) is 0 Å². The Morgan fingerprint density at radius 1 is 1.18 bits per heavy atom. The third-order valence-electron chi connectivity index (χ3n) is 1.79. The highest BCUT2D eigenvalue weighted by molar-refractivity contribution is 8.14. The van der Waals surface area contributed by atoms with Crippen LogP contribution in [0.1, 0.15) is 10.4 Å². The van der Waals surface area contributed by atoms with Crippen LogP contribution >= 0.6 is 11.8 Å². The Morgan fingerprint density at radius 3 is 2.41 bits per heavy atom. The second-order valence-corrected chi connectivity index (χ2v) is 4.14. The molecule has 0 unspecified atom stereocenters. The summed E-state index contributed by atoms with van der Waals surface area (Å²) in [4.78, 5) is 32.9. The summed E-state index contributed by atoms with van der Waals surface area (Å²) in [5.41, 5.74) is 0.462. The molecule has 0 radical (unpaired) electrons. The van der Waals surface area contributed by atoms with Crippen LogP contribution < -0.4 is 5.32 Å². The summed E-state index contributed by atoms with van der Waals surface area (Å²) < 4.78 is 0. The molecule has 0 saturated heterocycles. The van der Waals surface area contributed by atoms with Crippen molar-refractivity contribution in [2.24, 2.45) is 0 Å². The van der Waals surface area contributed by atoms with E-state index in [1.165, 1.54) is 0 Å². The highest BCUT2D eigenvalue weighted by Crippen LogP contribution is 2.01. The first kappa shape index (κ1) is 13.2. The fourth-order valence-corrected chi connectivity index (χ4v) is 1.50. The van der Waals surface area contributed by atoms with Crippen molar-refractivity contribution in [1.82, 2.24) is 5.32 Å². The van der Waals surface area contributed by atoms with Gasteiger partial charge < -0.3 is 10.4 Å². The van der Waals surface area contributed by atoms with Crippen molar-refractivity contribution in [3.63, 3.8) is 0 Å². The summed E-state index contributed by atoms with van der Waals surface area (Å²) in [5, 5.41) is 10.4. The fraction of sp³-hybridized carbons (Fsp3) is 0.182. The van der Waals surface area contributed by atoms with Crippen molar-refractivity contribution in [3.05, 3.63) is 35.9 Å². The number of hydrogen-bond donors (Lipinski definition) is 2. The van der Waals surface area contributed by atoms with Gasteiger partial charge in [0.1, 0.15) is 0 Å². The van der Waals surface area contributed by atoms with E-state index in [9.17, 15) is 14.4 Å². The zero-order chi connectivity index (χ0) is 12.7. The van der Waals surface area contributed by atoms with E-state index in [0.29, 0.717) is 17.3 Å². The number of carboxylic acids is 1. The largest absolute Gasteiger partial charge is 0.481 e. The van der Waals surface area contributed by atoms with Crippen LogP contribution in [0.15, 0.2) is 30.3 Å². The molecule has 2 N–H and O–H groups in total. The van der Waals surface area contributed by atoms with Crippen LogP contribution in [0.2, 0.25) is 0 Å². The summed E-state index contributed by atoms with van der Waals surface area (Å²) in [6.45, 7) is -0.175. The Balaban J connectivity index is 2.34. The lowest BCUT2D eigenvalue weighted by Crippen LogP contribution is -2.28. The molecule has 0 saturated carbocycles. The first-order valence-electron chi connectivity index (χ1n) is 4.80. The predicted octanol–water partition coefficient (Wildman–Crippen LogP) is 0.761. The first-order chi connectivity index (χ1) is 8.09. The normalized spacial score (nSPS) is 9.65. The summed E-state index contributed by atoms with van der Waals surface area (Å²) in [6.07, 6.45) is 0. The number of carbonyl (C=O) groups is 3. The van der Waals surface area contributed by atoms with Gasteiger partial charge in [0, 0.05) is 5.56 Å². The molecule has 6 heteroatoms.